The van der Waals surface area contributed by atoms with Gasteiger partial charge in [-0.1, -0.05) is 30.3 Å². The lowest BCUT2D eigenvalue weighted by atomic mass is 10.0. The van der Waals surface area contributed by atoms with E-state index in [0.29, 0.717) is 5.56 Å². The molecule has 2 rings (SSSR count). The van der Waals surface area contributed by atoms with Gasteiger partial charge in [-0.05, 0) is 30.2 Å². The molecule has 0 atom stereocenters. The third-order valence-corrected chi connectivity index (χ3v) is 3.27. The maximum atomic E-state index is 11.8. The molecule has 7 nitrogen and oxygen atoms in total. The van der Waals surface area contributed by atoms with Gasteiger partial charge in [0.25, 0.3) is 0 Å². The molecule has 0 aromatic heterocycles. The molecule has 124 valence electrons. The highest BCUT2D eigenvalue weighted by Crippen LogP contribution is 2.22. The van der Waals surface area contributed by atoms with Crippen LogP contribution in [0.3, 0.4) is 0 Å². The van der Waals surface area contributed by atoms with Crippen molar-refractivity contribution in [3.8, 4) is 0 Å². The number of hydrogen-bond donors (Lipinski definition) is 3. The average molecular weight is 329 g/mol. The van der Waals surface area contributed by atoms with Crippen molar-refractivity contribution in [2.45, 2.75) is 13.5 Å². The summed E-state index contributed by atoms with van der Waals surface area (Å²) in [6.45, 7) is 1.54. The number of nitrogens with one attached hydrogen (secondary N) is 1. The molecule has 7 heteroatoms. The molecule has 2 aromatic carbocycles. The van der Waals surface area contributed by atoms with Gasteiger partial charge >= 0.3 is 18.0 Å². The first kappa shape index (κ1) is 17.0. The summed E-state index contributed by atoms with van der Waals surface area (Å²) < 4.78 is 5.03. The van der Waals surface area contributed by atoms with Crippen LogP contribution in [0.2, 0.25) is 0 Å². The molecular formula is C17H15NO6. The number of aromatic carboxylic acids is 2. The zero-order valence-corrected chi connectivity index (χ0v) is 12.8. The Bertz CT molecular complexity index is 785. The summed E-state index contributed by atoms with van der Waals surface area (Å²) in [4.78, 5) is 34.2. The topological polar surface area (TPSA) is 113 Å². The monoisotopic (exact) mass is 329 g/mol. The van der Waals surface area contributed by atoms with Crippen LogP contribution in [0.5, 0.6) is 0 Å². The number of carbonyl (C=O) groups excluding carboxylic acids is 1. The number of carbonyl (C=O) groups is 3. The Morgan fingerprint density at radius 1 is 1.00 bits per heavy atom. The lowest BCUT2D eigenvalue weighted by Gasteiger charge is -2.12. The predicted octanol–water partition coefficient (Wildman–Crippen LogP) is 3.14. The largest absolute Gasteiger partial charge is 0.478 e. The number of amides is 1. The maximum Gasteiger partial charge on any atom is 0.411 e. The number of carboxylic acids is 2. The second-order valence-corrected chi connectivity index (χ2v) is 5.01. The summed E-state index contributed by atoms with van der Waals surface area (Å²) in [5.74, 6) is -2.59. The van der Waals surface area contributed by atoms with Crippen LogP contribution in [0.4, 0.5) is 10.5 Å². The standard InChI is InChI=1S/C17H15NO6/c1-10-7-14(13(16(21)22)8-12(10)15(19)20)18-17(23)24-9-11-5-3-2-4-6-11/h2-8H,9H2,1H3,(H,18,23)(H,19,20)(H,21,22). The van der Waals surface area contributed by atoms with Gasteiger partial charge in [0.2, 0.25) is 0 Å². The van der Waals surface area contributed by atoms with Crippen molar-refractivity contribution >= 4 is 23.7 Å². The highest BCUT2D eigenvalue weighted by Gasteiger charge is 2.18. The van der Waals surface area contributed by atoms with E-state index in [-0.39, 0.29) is 23.4 Å². The van der Waals surface area contributed by atoms with E-state index in [1.54, 1.807) is 24.3 Å². The van der Waals surface area contributed by atoms with Crippen molar-refractivity contribution in [3.05, 3.63) is 64.7 Å². The molecule has 24 heavy (non-hydrogen) atoms. The average Bonchev–Trinajstić information content (AvgIpc) is 2.53. The van der Waals surface area contributed by atoms with Crippen molar-refractivity contribution in [2.24, 2.45) is 0 Å². The smallest absolute Gasteiger partial charge is 0.411 e. The van der Waals surface area contributed by atoms with Crippen molar-refractivity contribution in [1.29, 1.82) is 0 Å². The van der Waals surface area contributed by atoms with E-state index < -0.39 is 18.0 Å². The zero-order chi connectivity index (χ0) is 17.7. The van der Waals surface area contributed by atoms with Gasteiger partial charge in [-0.3, -0.25) is 5.32 Å². The Kier molecular flexibility index (Phi) is 5.16. The molecule has 0 aliphatic rings. The Morgan fingerprint density at radius 3 is 2.21 bits per heavy atom. The molecule has 0 saturated heterocycles. The van der Waals surface area contributed by atoms with Crippen LogP contribution in [0.25, 0.3) is 0 Å². The maximum absolute atomic E-state index is 11.8. The second-order valence-electron chi connectivity index (χ2n) is 5.01. The van der Waals surface area contributed by atoms with Crippen LogP contribution in [-0.4, -0.2) is 28.2 Å². The van der Waals surface area contributed by atoms with E-state index in [1.807, 2.05) is 6.07 Å². The van der Waals surface area contributed by atoms with Crippen molar-refractivity contribution in [2.75, 3.05) is 5.32 Å². The summed E-state index contributed by atoms with van der Waals surface area (Å²) in [7, 11) is 0. The van der Waals surface area contributed by atoms with Crippen molar-refractivity contribution in [3.63, 3.8) is 0 Å². The number of benzene rings is 2. The fourth-order valence-electron chi connectivity index (χ4n) is 2.09. The minimum Gasteiger partial charge on any atom is -0.478 e. The van der Waals surface area contributed by atoms with Gasteiger partial charge in [0.15, 0.2) is 0 Å². The molecule has 0 radical (unpaired) electrons. The molecule has 3 N–H and O–H groups in total. The van der Waals surface area contributed by atoms with Gasteiger partial charge in [0.05, 0.1) is 16.8 Å². The third-order valence-electron chi connectivity index (χ3n) is 3.27. The number of ether oxygens (including phenoxy) is 1. The Morgan fingerprint density at radius 2 is 1.62 bits per heavy atom. The van der Waals surface area contributed by atoms with Gasteiger partial charge in [0, 0.05) is 0 Å². The Labute approximate surface area is 137 Å². The van der Waals surface area contributed by atoms with Crippen molar-refractivity contribution in [1.82, 2.24) is 0 Å². The van der Waals surface area contributed by atoms with Gasteiger partial charge < -0.3 is 14.9 Å². The molecule has 0 unspecified atom stereocenters. The molecule has 0 bridgehead atoms. The number of hydrogen-bond acceptors (Lipinski definition) is 4. The molecule has 0 aliphatic heterocycles. The van der Waals surface area contributed by atoms with Gasteiger partial charge in [0.1, 0.15) is 6.61 Å². The van der Waals surface area contributed by atoms with Gasteiger partial charge in [-0.15, -0.1) is 0 Å². The first-order valence-electron chi connectivity index (χ1n) is 6.97. The molecule has 0 heterocycles. The summed E-state index contributed by atoms with van der Waals surface area (Å²) in [6, 6.07) is 11.3. The Hall–Kier alpha value is -3.35. The SMILES string of the molecule is Cc1cc(NC(=O)OCc2ccccc2)c(C(=O)O)cc1C(=O)O. The van der Waals surface area contributed by atoms with E-state index in [2.05, 4.69) is 5.32 Å². The van der Waals surface area contributed by atoms with Crippen LogP contribution >= 0.6 is 0 Å². The highest BCUT2D eigenvalue weighted by molar-refractivity contribution is 6.02. The van der Waals surface area contributed by atoms with Gasteiger partial charge in [-0.25, -0.2) is 14.4 Å². The first-order valence-corrected chi connectivity index (χ1v) is 6.97. The minimum absolute atomic E-state index is 0.0249. The van der Waals surface area contributed by atoms with E-state index in [4.69, 9.17) is 9.84 Å². The lowest BCUT2D eigenvalue weighted by Crippen LogP contribution is -2.17. The molecule has 0 spiro atoms. The fourth-order valence-corrected chi connectivity index (χ4v) is 2.09. The molecular weight excluding hydrogens is 314 g/mol. The zero-order valence-electron chi connectivity index (χ0n) is 12.8. The molecule has 0 saturated carbocycles. The third kappa shape index (κ3) is 4.10. The summed E-state index contributed by atoms with van der Waals surface area (Å²) >= 11 is 0. The fraction of sp³-hybridized carbons (Fsp3) is 0.118. The summed E-state index contributed by atoms with van der Waals surface area (Å²) in [5, 5.41) is 20.6. The highest BCUT2D eigenvalue weighted by atomic mass is 16.5. The van der Waals surface area contributed by atoms with E-state index in [1.165, 1.54) is 13.0 Å². The number of aryl methyl sites for hydroxylation is 1. The van der Waals surface area contributed by atoms with Crippen LogP contribution in [0.15, 0.2) is 42.5 Å². The van der Waals surface area contributed by atoms with E-state index >= 15 is 0 Å². The minimum atomic E-state index is -1.35. The predicted molar refractivity (Wildman–Crippen MR) is 85.3 cm³/mol. The van der Waals surface area contributed by atoms with Crippen LogP contribution in [-0.2, 0) is 11.3 Å². The Balaban J connectivity index is 2.16. The van der Waals surface area contributed by atoms with Crippen LogP contribution in [0.1, 0.15) is 31.8 Å². The number of carboxylic acid groups (broad SMARTS) is 2. The van der Waals surface area contributed by atoms with Crippen LogP contribution in [0, 0.1) is 6.92 Å². The summed E-state index contributed by atoms with van der Waals surface area (Å²) in [5.41, 5.74) is 0.614. The quantitative estimate of drug-likeness (QED) is 0.776. The van der Waals surface area contributed by atoms with Crippen LogP contribution < -0.4 is 5.32 Å². The molecule has 1 amide bonds. The molecule has 0 aliphatic carbocycles. The second kappa shape index (κ2) is 7.28. The van der Waals surface area contributed by atoms with E-state index in [9.17, 15) is 19.5 Å². The first-order chi connectivity index (χ1) is 11.4. The number of anilines is 1. The lowest BCUT2D eigenvalue weighted by molar-refractivity contribution is 0.0695. The van der Waals surface area contributed by atoms with Gasteiger partial charge in [-0.2, -0.15) is 0 Å². The van der Waals surface area contributed by atoms with E-state index in [0.717, 1.165) is 11.6 Å². The number of rotatable bonds is 5. The van der Waals surface area contributed by atoms with Crippen molar-refractivity contribution < 1.29 is 29.3 Å². The summed E-state index contributed by atoms with van der Waals surface area (Å²) in [6.07, 6.45) is -0.830. The normalized spacial score (nSPS) is 10.0. The molecule has 0 fully saturated rings. The molecule has 2 aromatic rings.